The fourth-order valence-electron chi connectivity index (χ4n) is 2.71. The maximum absolute atomic E-state index is 9.47. The van der Waals surface area contributed by atoms with E-state index in [4.69, 9.17) is 12.2 Å². The van der Waals surface area contributed by atoms with Crippen molar-refractivity contribution in [2.24, 2.45) is 0 Å². The van der Waals surface area contributed by atoms with Crippen molar-refractivity contribution in [3.05, 3.63) is 52.6 Å². The van der Waals surface area contributed by atoms with Crippen LogP contribution in [0.5, 0.6) is 0 Å². The van der Waals surface area contributed by atoms with E-state index in [-0.39, 0.29) is 12.6 Å². The number of nitrogens with zero attached hydrogens (tertiary/aromatic N) is 2. The van der Waals surface area contributed by atoms with Gasteiger partial charge in [-0.25, -0.2) is 0 Å². The van der Waals surface area contributed by atoms with Gasteiger partial charge in [-0.3, -0.25) is 4.90 Å². The molecule has 0 saturated carbocycles. The topological polar surface area (TPSA) is 44.2 Å². The molecule has 5 heteroatoms. The highest BCUT2D eigenvalue weighted by Gasteiger charge is 2.19. The number of rotatable bonds is 7. The predicted octanol–water partition coefficient (Wildman–Crippen LogP) is 3.12. The van der Waals surface area contributed by atoms with Crippen molar-refractivity contribution in [3.63, 3.8) is 0 Å². The maximum atomic E-state index is 9.47. The summed E-state index contributed by atoms with van der Waals surface area (Å²) < 4.78 is 2.65. The first-order valence-electron chi connectivity index (χ1n) is 7.38. The number of aromatic amines is 1. The molecule has 0 aliphatic heterocycles. The van der Waals surface area contributed by atoms with Gasteiger partial charge in [0.05, 0.1) is 18.3 Å². The summed E-state index contributed by atoms with van der Waals surface area (Å²) in [5.74, 6) is 0. The number of hydrogen-bond donors (Lipinski definition) is 2. The summed E-state index contributed by atoms with van der Waals surface area (Å²) in [4.78, 5) is 5.43. The molecule has 4 nitrogen and oxygen atoms in total. The zero-order chi connectivity index (χ0) is 15.2. The second-order valence-corrected chi connectivity index (χ2v) is 5.39. The van der Waals surface area contributed by atoms with Crippen LogP contribution in [0.4, 0.5) is 0 Å². The van der Waals surface area contributed by atoms with Crippen molar-refractivity contribution in [2.45, 2.75) is 33.0 Å². The largest absolute Gasteiger partial charge is 0.390 e. The standard InChI is InChI=1S/C16H23N3OS/c1-3-18(4-2)15(13-8-6-5-7-9-13)11-19-14(12-20)10-17-16(19)21/h5-10,15,20H,3-4,11-12H2,1-2H3,(H,17,21). The van der Waals surface area contributed by atoms with E-state index in [1.54, 1.807) is 6.20 Å². The average Bonchev–Trinajstić information content (AvgIpc) is 2.88. The molecule has 0 spiro atoms. The lowest BCUT2D eigenvalue weighted by atomic mass is 10.0. The van der Waals surface area contributed by atoms with Crippen LogP contribution in [0.1, 0.15) is 31.1 Å². The molecule has 21 heavy (non-hydrogen) atoms. The van der Waals surface area contributed by atoms with Crippen molar-refractivity contribution >= 4 is 12.2 Å². The second-order valence-electron chi connectivity index (χ2n) is 5.00. The Kier molecular flexibility index (Phi) is 5.73. The Balaban J connectivity index is 2.36. The molecule has 0 radical (unpaired) electrons. The molecule has 0 fully saturated rings. The SMILES string of the molecule is CCN(CC)C(Cn1c(CO)c[nH]c1=S)c1ccccc1. The molecular formula is C16H23N3OS. The van der Waals surface area contributed by atoms with Crippen LogP contribution in [-0.4, -0.2) is 32.6 Å². The van der Waals surface area contributed by atoms with Gasteiger partial charge in [-0.15, -0.1) is 0 Å². The molecule has 2 N–H and O–H groups in total. The molecule has 0 aliphatic rings. The number of aliphatic hydroxyl groups excluding tert-OH is 1. The van der Waals surface area contributed by atoms with Gasteiger partial charge in [-0.1, -0.05) is 44.2 Å². The van der Waals surface area contributed by atoms with Gasteiger partial charge in [0, 0.05) is 12.7 Å². The first kappa shape index (κ1) is 15.9. The van der Waals surface area contributed by atoms with Gasteiger partial charge < -0.3 is 14.7 Å². The van der Waals surface area contributed by atoms with Gasteiger partial charge in [-0.2, -0.15) is 0 Å². The number of benzene rings is 1. The third-order valence-electron chi connectivity index (χ3n) is 3.91. The summed E-state index contributed by atoms with van der Waals surface area (Å²) in [6.07, 6.45) is 1.78. The summed E-state index contributed by atoms with van der Waals surface area (Å²) in [6.45, 7) is 7.02. The molecular weight excluding hydrogens is 282 g/mol. The zero-order valence-corrected chi connectivity index (χ0v) is 13.4. The van der Waals surface area contributed by atoms with Crippen molar-refractivity contribution in [1.82, 2.24) is 14.5 Å². The van der Waals surface area contributed by atoms with Crippen LogP contribution < -0.4 is 0 Å². The van der Waals surface area contributed by atoms with Gasteiger partial charge >= 0.3 is 0 Å². The molecule has 2 rings (SSSR count). The van der Waals surface area contributed by atoms with Crippen LogP contribution in [-0.2, 0) is 13.2 Å². The van der Waals surface area contributed by atoms with E-state index in [1.165, 1.54) is 5.56 Å². The smallest absolute Gasteiger partial charge is 0.177 e. The van der Waals surface area contributed by atoms with E-state index < -0.39 is 0 Å². The van der Waals surface area contributed by atoms with Gasteiger partial charge in [0.2, 0.25) is 0 Å². The molecule has 1 aromatic carbocycles. The molecule has 1 heterocycles. The first-order chi connectivity index (χ1) is 10.2. The number of hydrogen-bond acceptors (Lipinski definition) is 3. The Bertz CT molecular complexity index is 601. The minimum Gasteiger partial charge on any atom is -0.390 e. The van der Waals surface area contributed by atoms with Crippen molar-refractivity contribution in [3.8, 4) is 0 Å². The summed E-state index contributed by atoms with van der Waals surface area (Å²) in [6, 6.07) is 10.7. The Morgan fingerprint density at radius 1 is 1.24 bits per heavy atom. The van der Waals surface area contributed by atoms with E-state index in [2.05, 4.69) is 48.0 Å². The van der Waals surface area contributed by atoms with E-state index >= 15 is 0 Å². The van der Waals surface area contributed by atoms with Crippen LogP contribution in [0, 0.1) is 4.77 Å². The van der Waals surface area contributed by atoms with Gasteiger partial charge in [0.15, 0.2) is 4.77 Å². The normalized spacial score (nSPS) is 12.8. The van der Waals surface area contributed by atoms with E-state index in [0.29, 0.717) is 4.77 Å². The predicted molar refractivity (Wildman–Crippen MR) is 87.6 cm³/mol. The minimum absolute atomic E-state index is 0.00704. The highest BCUT2D eigenvalue weighted by molar-refractivity contribution is 7.71. The Hall–Kier alpha value is -1.43. The Morgan fingerprint density at radius 2 is 1.90 bits per heavy atom. The number of aliphatic hydroxyl groups is 1. The van der Waals surface area contributed by atoms with Crippen LogP contribution in [0.3, 0.4) is 0 Å². The number of aromatic nitrogens is 2. The van der Waals surface area contributed by atoms with E-state index in [0.717, 1.165) is 25.3 Å². The van der Waals surface area contributed by atoms with Crippen molar-refractivity contribution < 1.29 is 5.11 Å². The van der Waals surface area contributed by atoms with Gasteiger partial charge in [0.1, 0.15) is 0 Å². The molecule has 0 saturated heterocycles. The van der Waals surface area contributed by atoms with Gasteiger partial charge in [0.25, 0.3) is 0 Å². The second kappa shape index (κ2) is 7.54. The van der Waals surface area contributed by atoms with Crippen LogP contribution in [0.25, 0.3) is 0 Å². The quantitative estimate of drug-likeness (QED) is 0.773. The number of nitrogens with one attached hydrogen (secondary N) is 1. The first-order valence-corrected chi connectivity index (χ1v) is 7.79. The number of likely N-dealkylation sites (N-methyl/N-ethyl adjacent to an activating group) is 1. The lowest BCUT2D eigenvalue weighted by molar-refractivity contribution is 0.191. The van der Waals surface area contributed by atoms with Crippen molar-refractivity contribution in [1.29, 1.82) is 0 Å². The van der Waals surface area contributed by atoms with Crippen LogP contribution in [0.15, 0.2) is 36.5 Å². The molecule has 114 valence electrons. The summed E-state index contributed by atoms with van der Waals surface area (Å²) >= 11 is 5.34. The average molecular weight is 305 g/mol. The molecule has 2 aromatic rings. The highest BCUT2D eigenvalue weighted by atomic mass is 32.1. The molecule has 0 amide bonds. The number of H-pyrrole nitrogens is 1. The fraction of sp³-hybridized carbons (Fsp3) is 0.438. The van der Waals surface area contributed by atoms with E-state index in [1.807, 2.05) is 10.6 Å². The minimum atomic E-state index is -0.00704. The summed E-state index contributed by atoms with van der Waals surface area (Å²) in [5.41, 5.74) is 2.10. The van der Waals surface area contributed by atoms with Crippen LogP contribution >= 0.6 is 12.2 Å². The molecule has 0 bridgehead atoms. The third kappa shape index (κ3) is 3.61. The molecule has 0 aliphatic carbocycles. The van der Waals surface area contributed by atoms with Crippen molar-refractivity contribution in [2.75, 3.05) is 13.1 Å². The van der Waals surface area contributed by atoms with Gasteiger partial charge in [-0.05, 0) is 30.9 Å². The van der Waals surface area contributed by atoms with E-state index in [9.17, 15) is 5.11 Å². The summed E-state index contributed by atoms with van der Waals surface area (Å²) in [7, 11) is 0. The van der Waals surface area contributed by atoms with Crippen LogP contribution in [0.2, 0.25) is 0 Å². The lowest BCUT2D eigenvalue weighted by Gasteiger charge is -2.30. The maximum Gasteiger partial charge on any atom is 0.177 e. The fourth-order valence-corrected chi connectivity index (χ4v) is 2.96. The molecule has 1 atom stereocenters. The summed E-state index contributed by atoms with van der Waals surface area (Å²) in [5, 5.41) is 9.47. The third-order valence-corrected chi connectivity index (χ3v) is 4.25. The number of imidazole rings is 1. The Labute approximate surface area is 131 Å². The zero-order valence-electron chi connectivity index (χ0n) is 12.6. The lowest BCUT2D eigenvalue weighted by Crippen LogP contribution is -2.32. The monoisotopic (exact) mass is 305 g/mol. The molecule has 1 aromatic heterocycles. The molecule has 1 unspecified atom stereocenters. The Morgan fingerprint density at radius 3 is 2.48 bits per heavy atom. The highest BCUT2D eigenvalue weighted by Crippen LogP contribution is 2.23.